The molecule has 126 valence electrons. The van der Waals surface area contributed by atoms with Crippen LogP contribution in [0.15, 0.2) is 48.5 Å². The van der Waals surface area contributed by atoms with Crippen molar-refractivity contribution in [1.82, 2.24) is 4.90 Å². The molecule has 2 aromatic carbocycles. The minimum absolute atomic E-state index is 0.0613. The number of benzene rings is 2. The number of amides is 1. The summed E-state index contributed by atoms with van der Waals surface area (Å²) < 4.78 is 18.5. The van der Waals surface area contributed by atoms with Crippen LogP contribution in [0.25, 0.3) is 0 Å². The molecule has 0 aromatic heterocycles. The number of likely N-dealkylation sites (N-methyl/N-ethyl adjacent to an activating group) is 1. The molecule has 0 radical (unpaired) electrons. The third kappa shape index (κ3) is 4.41. The van der Waals surface area contributed by atoms with Gasteiger partial charge < -0.3 is 9.64 Å². The van der Waals surface area contributed by atoms with Crippen LogP contribution in [0.2, 0.25) is 0 Å². The van der Waals surface area contributed by atoms with E-state index in [0.717, 1.165) is 5.56 Å². The van der Waals surface area contributed by atoms with Gasteiger partial charge in [-0.15, -0.1) is 0 Å². The SMILES string of the molecule is CC(=O)c1cccc(OCC(=O)N(C)C(C)c2ccc(F)cc2)c1. The molecule has 5 heteroatoms. The van der Waals surface area contributed by atoms with Crippen LogP contribution in [0.5, 0.6) is 5.75 Å². The predicted octanol–water partition coefficient (Wildman–Crippen LogP) is 3.63. The van der Waals surface area contributed by atoms with Crippen LogP contribution in [-0.4, -0.2) is 30.2 Å². The van der Waals surface area contributed by atoms with Gasteiger partial charge in [0.1, 0.15) is 11.6 Å². The maximum Gasteiger partial charge on any atom is 0.260 e. The lowest BCUT2D eigenvalue weighted by molar-refractivity contribution is -0.134. The lowest BCUT2D eigenvalue weighted by Gasteiger charge is -2.25. The van der Waals surface area contributed by atoms with Crippen molar-refractivity contribution in [2.75, 3.05) is 13.7 Å². The second-order valence-corrected chi connectivity index (χ2v) is 5.60. The summed E-state index contributed by atoms with van der Waals surface area (Å²) in [5.41, 5.74) is 1.37. The molecule has 4 nitrogen and oxygen atoms in total. The molecule has 0 aliphatic heterocycles. The monoisotopic (exact) mass is 329 g/mol. The number of rotatable bonds is 6. The van der Waals surface area contributed by atoms with E-state index in [1.807, 2.05) is 6.92 Å². The van der Waals surface area contributed by atoms with E-state index >= 15 is 0 Å². The van der Waals surface area contributed by atoms with E-state index in [0.29, 0.717) is 11.3 Å². The Balaban J connectivity index is 1.97. The van der Waals surface area contributed by atoms with Crippen LogP contribution in [-0.2, 0) is 4.79 Å². The highest BCUT2D eigenvalue weighted by Gasteiger charge is 2.18. The zero-order valence-electron chi connectivity index (χ0n) is 14.0. The average Bonchev–Trinajstić information content (AvgIpc) is 2.59. The van der Waals surface area contributed by atoms with Gasteiger partial charge >= 0.3 is 0 Å². The summed E-state index contributed by atoms with van der Waals surface area (Å²) in [6.07, 6.45) is 0. The minimum Gasteiger partial charge on any atom is -0.484 e. The van der Waals surface area contributed by atoms with E-state index < -0.39 is 0 Å². The molecule has 1 atom stereocenters. The predicted molar refractivity (Wildman–Crippen MR) is 89.5 cm³/mol. The number of halogens is 1. The topological polar surface area (TPSA) is 46.6 Å². The molecule has 0 aliphatic carbocycles. The number of ketones is 1. The van der Waals surface area contributed by atoms with Crippen molar-refractivity contribution in [2.24, 2.45) is 0 Å². The van der Waals surface area contributed by atoms with E-state index in [-0.39, 0.29) is 30.2 Å². The van der Waals surface area contributed by atoms with Crippen LogP contribution in [0.1, 0.15) is 35.8 Å². The molecule has 1 amide bonds. The maximum absolute atomic E-state index is 13.0. The van der Waals surface area contributed by atoms with Crippen LogP contribution in [0, 0.1) is 5.82 Å². The average molecular weight is 329 g/mol. The van der Waals surface area contributed by atoms with Crippen LogP contribution >= 0.6 is 0 Å². The van der Waals surface area contributed by atoms with Gasteiger partial charge in [0.15, 0.2) is 12.4 Å². The minimum atomic E-state index is -0.311. The summed E-state index contributed by atoms with van der Waals surface area (Å²) in [5.74, 6) is -0.110. The first-order chi connectivity index (χ1) is 11.4. The number of nitrogens with zero attached hydrogens (tertiary/aromatic N) is 1. The fourth-order valence-corrected chi connectivity index (χ4v) is 2.23. The summed E-state index contributed by atoms with van der Waals surface area (Å²) in [6, 6.07) is 12.6. The molecule has 0 bridgehead atoms. The molecule has 1 unspecified atom stereocenters. The molecule has 2 rings (SSSR count). The van der Waals surface area contributed by atoms with Crippen LogP contribution in [0.3, 0.4) is 0 Å². The lowest BCUT2D eigenvalue weighted by atomic mass is 10.1. The van der Waals surface area contributed by atoms with Crippen molar-refractivity contribution >= 4 is 11.7 Å². The Bertz CT molecular complexity index is 728. The molecular formula is C19H20FNO3. The molecule has 0 heterocycles. The quantitative estimate of drug-likeness (QED) is 0.760. The Morgan fingerprint density at radius 2 is 1.83 bits per heavy atom. The first-order valence-electron chi connectivity index (χ1n) is 7.63. The zero-order chi connectivity index (χ0) is 17.7. The largest absolute Gasteiger partial charge is 0.484 e. The van der Waals surface area contributed by atoms with Crippen molar-refractivity contribution in [1.29, 1.82) is 0 Å². The van der Waals surface area contributed by atoms with Crippen molar-refractivity contribution in [3.05, 3.63) is 65.5 Å². The van der Waals surface area contributed by atoms with E-state index in [1.54, 1.807) is 48.3 Å². The Hall–Kier alpha value is -2.69. The van der Waals surface area contributed by atoms with Gasteiger partial charge in [-0.25, -0.2) is 4.39 Å². The molecular weight excluding hydrogens is 309 g/mol. The molecule has 0 spiro atoms. The standard InChI is InChI=1S/C19H20FNO3/c1-13(15-7-9-17(20)10-8-15)21(3)19(23)12-24-18-6-4-5-16(11-18)14(2)22/h4-11,13H,12H2,1-3H3. The Morgan fingerprint density at radius 3 is 2.46 bits per heavy atom. The Morgan fingerprint density at radius 1 is 1.17 bits per heavy atom. The van der Waals surface area contributed by atoms with Gasteiger partial charge in [0.25, 0.3) is 5.91 Å². The van der Waals surface area contributed by atoms with Gasteiger partial charge in [-0.2, -0.15) is 0 Å². The van der Waals surface area contributed by atoms with E-state index in [2.05, 4.69) is 0 Å². The number of ether oxygens (including phenoxy) is 1. The second-order valence-electron chi connectivity index (χ2n) is 5.60. The first-order valence-corrected chi connectivity index (χ1v) is 7.63. The van der Waals surface area contributed by atoms with E-state index in [9.17, 15) is 14.0 Å². The highest BCUT2D eigenvalue weighted by molar-refractivity contribution is 5.94. The molecule has 0 aliphatic rings. The number of Topliss-reactive ketones (excluding diaryl/α,β-unsaturated/α-hetero) is 1. The molecule has 0 saturated heterocycles. The van der Waals surface area contributed by atoms with Gasteiger partial charge in [0.2, 0.25) is 0 Å². The number of hydrogen-bond donors (Lipinski definition) is 0. The fourth-order valence-electron chi connectivity index (χ4n) is 2.23. The maximum atomic E-state index is 13.0. The zero-order valence-corrected chi connectivity index (χ0v) is 14.0. The molecule has 0 N–H and O–H groups in total. The van der Waals surface area contributed by atoms with Crippen molar-refractivity contribution < 1.29 is 18.7 Å². The van der Waals surface area contributed by atoms with Crippen LogP contribution in [0.4, 0.5) is 4.39 Å². The van der Waals surface area contributed by atoms with E-state index in [4.69, 9.17) is 4.74 Å². The van der Waals surface area contributed by atoms with Gasteiger partial charge in [0.05, 0.1) is 6.04 Å². The molecule has 0 saturated carbocycles. The molecule has 2 aromatic rings. The van der Waals surface area contributed by atoms with Gasteiger partial charge in [-0.1, -0.05) is 24.3 Å². The third-order valence-corrected chi connectivity index (χ3v) is 3.93. The molecule has 0 fully saturated rings. The van der Waals surface area contributed by atoms with Crippen LogP contribution < -0.4 is 4.74 Å². The van der Waals surface area contributed by atoms with Gasteiger partial charge in [-0.3, -0.25) is 9.59 Å². The smallest absolute Gasteiger partial charge is 0.260 e. The Labute approximate surface area is 140 Å². The molecule has 24 heavy (non-hydrogen) atoms. The summed E-state index contributed by atoms with van der Waals surface area (Å²) >= 11 is 0. The lowest BCUT2D eigenvalue weighted by Crippen LogP contribution is -2.33. The van der Waals surface area contributed by atoms with Crippen molar-refractivity contribution in [3.63, 3.8) is 0 Å². The summed E-state index contributed by atoms with van der Waals surface area (Å²) in [6.45, 7) is 3.20. The van der Waals surface area contributed by atoms with E-state index in [1.165, 1.54) is 19.1 Å². The fraction of sp³-hybridized carbons (Fsp3) is 0.263. The number of carbonyl (C=O) groups excluding carboxylic acids is 2. The second kappa shape index (κ2) is 7.73. The highest BCUT2D eigenvalue weighted by atomic mass is 19.1. The summed E-state index contributed by atoms with van der Waals surface area (Å²) in [5, 5.41) is 0. The first kappa shape index (κ1) is 17.7. The summed E-state index contributed by atoms with van der Waals surface area (Å²) in [4.78, 5) is 25.2. The van der Waals surface area contributed by atoms with Crippen molar-refractivity contribution in [3.8, 4) is 5.75 Å². The Kier molecular flexibility index (Phi) is 5.68. The van der Waals surface area contributed by atoms with Crippen molar-refractivity contribution in [2.45, 2.75) is 19.9 Å². The van der Waals surface area contributed by atoms with Gasteiger partial charge in [0, 0.05) is 12.6 Å². The normalized spacial score (nSPS) is 11.7. The summed E-state index contributed by atoms with van der Waals surface area (Å²) in [7, 11) is 1.67. The highest BCUT2D eigenvalue weighted by Crippen LogP contribution is 2.20. The third-order valence-electron chi connectivity index (χ3n) is 3.93. The van der Waals surface area contributed by atoms with Gasteiger partial charge in [-0.05, 0) is 43.7 Å². The number of carbonyl (C=O) groups is 2. The number of hydrogen-bond acceptors (Lipinski definition) is 3.